The fourth-order valence-electron chi connectivity index (χ4n) is 2.82. The number of aromatic nitrogens is 3. The van der Waals surface area contributed by atoms with Crippen LogP contribution in [0, 0.1) is 0 Å². The van der Waals surface area contributed by atoms with Gasteiger partial charge in [-0.25, -0.2) is 4.98 Å². The van der Waals surface area contributed by atoms with E-state index in [-0.39, 0.29) is 0 Å². The maximum Gasteiger partial charge on any atom is 0.141 e. The van der Waals surface area contributed by atoms with Crippen molar-refractivity contribution < 1.29 is 0 Å². The molecular formula is C20H11Cl4N3. The number of pyridine rings is 1. The van der Waals surface area contributed by atoms with Crippen LogP contribution >= 0.6 is 46.4 Å². The molecule has 0 aliphatic heterocycles. The molecule has 0 saturated heterocycles. The number of rotatable bonds is 3. The Morgan fingerprint density at radius 2 is 1.48 bits per heavy atom. The van der Waals surface area contributed by atoms with Crippen molar-refractivity contribution in [1.82, 2.24) is 15.0 Å². The zero-order chi connectivity index (χ0) is 19.0. The summed E-state index contributed by atoms with van der Waals surface area (Å²) in [6, 6.07) is 14.4. The highest BCUT2D eigenvalue weighted by atomic mass is 35.5. The van der Waals surface area contributed by atoms with Gasteiger partial charge in [0.2, 0.25) is 0 Å². The Morgan fingerprint density at radius 3 is 2.15 bits per heavy atom. The third-order valence-corrected chi connectivity index (χ3v) is 5.24. The number of imidazole rings is 1. The van der Waals surface area contributed by atoms with Gasteiger partial charge in [-0.15, -0.1) is 0 Å². The third kappa shape index (κ3) is 3.56. The molecular weight excluding hydrogens is 424 g/mol. The molecule has 0 fully saturated rings. The first-order valence-corrected chi connectivity index (χ1v) is 9.46. The maximum atomic E-state index is 6.44. The molecule has 0 radical (unpaired) electrons. The summed E-state index contributed by atoms with van der Waals surface area (Å²) >= 11 is 25.2. The van der Waals surface area contributed by atoms with Crippen molar-refractivity contribution in [2.45, 2.75) is 0 Å². The second-order valence-electron chi connectivity index (χ2n) is 5.77. The molecule has 0 amide bonds. The summed E-state index contributed by atoms with van der Waals surface area (Å²) in [5, 5.41) is 2.08. The quantitative estimate of drug-likeness (QED) is 0.364. The van der Waals surface area contributed by atoms with Crippen molar-refractivity contribution in [1.29, 1.82) is 0 Å². The van der Waals surface area contributed by atoms with E-state index in [0.29, 0.717) is 37.2 Å². The average Bonchev–Trinajstić information content (AvgIpc) is 3.07. The zero-order valence-electron chi connectivity index (χ0n) is 13.7. The van der Waals surface area contributed by atoms with Crippen molar-refractivity contribution in [3.63, 3.8) is 0 Å². The number of H-pyrrole nitrogens is 1. The molecule has 0 aliphatic carbocycles. The van der Waals surface area contributed by atoms with Crippen LogP contribution in [0.5, 0.6) is 0 Å². The zero-order valence-corrected chi connectivity index (χ0v) is 16.7. The summed E-state index contributed by atoms with van der Waals surface area (Å²) in [5.41, 5.74) is 3.75. The van der Waals surface area contributed by atoms with Crippen LogP contribution in [0.25, 0.3) is 33.9 Å². The van der Waals surface area contributed by atoms with Gasteiger partial charge in [0, 0.05) is 28.5 Å². The Morgan fingerprint density at radius 1 is 0.778 bits per heavy atom. The van der Waals surface area contributed by atoms with Crippen LogP contribution in [0.15, 0.2) is 60.9 Å². The van der Waals surface area contributed by atoms with Crippen molar-refractivity contribution >= 4 is 46.4 Å². The van der Waals surface area contributed by atoms with E-state index >= 15 is 0 Å². The molecule has 0 bridgehead atoms. The molecule has 4 rings (SSSR count). The summed E-state index contributed by atoms with van der Waals surface area (Å²) in [5.74, 6) is 0.554. The lowest BCUT2D eigenvalue weighted by Crippen LogP contribution is -1.85. The Labute approximate surface area is 175 Å². The van der Waals surface area contributed by atoms with Crippen molar-refractivity contribution in [2.75, 3.05) is 0 Å². The van der Waals surface area contributed by atoms with Crippen molar-refractivity contribution in [3.05, 3.63) is 81.0 Å². The molecule has 2 aromatic carbocycles. The molecule has 3 nitrogen and oxygen atoms in total. The van der Waals surface area contributed by atoms with E-state index in [1.54, 1.807) is 42.7 Å². The van der Waals surface area contributed by atoms with Gasteiger partial charge in [-0.2, -0.15) is 0 Å². The van der Waals surface area contributed by atoms with Crippen molar-refractivity contribution in [2.24, 2.45) is 0 Å². The van der Waals surface area contributed by atoms with Crippen LogP contribution in [0.3, 0.4) is 0 Å². The first-order chi connectivity index (χ1) is 13.0. The molecule has 0 spiro atoms. The standard InChI is InChI=1S/C20H11Cl4N3/c21-12-4-5-13(16(24)10-12)19-18(11-6-8-25-9-7-11)26-20(27-19)17-14(22)2-1-3-15(17)23/h1-10H,(H,26,27). The monoisotopic (exact) mass is 433 g/mol. The smallest absolute Gasteiger partial charge is 0.141 e. The first kappa shape index (κ1) is 18.3. The number of halogens is 4. The van der Waals surface area contributed by atoms with Gasteiger partial charge in [-0.3, -0.25) is 4.98 Å². The topological polar surface area (TPSA) is 41.6 Å². The maximum absolute atomic E-state index is 6.44. The van der Waals surface area contributed by atoms with Gasteiger partial charge in [-0.05, 0) is 42.5 Å². The summed E-state index contributed by atoms with van der Waals surface area (Å²) in [6.45, 7) is 0. The normalized spacial score (nSPS) is 11.0. The van der Waals surface area contributed by atoms with E-state index in [1.807, 2.05) is 18.2 Å². The molecule has 27 heavy (non-hydrogen) atoms. The van der Waals surface area contributed by atoms with Gasteiger partial charge < -0.3 is 4.98 Å². The molecule has 0 unspecified atom stereocenters. The number of hydrogen-bond donors (Lipinski definition) is 1. The number of aromatic amines is 1. The lowest BCUT2D eigenvalue weighted by molar-refractivity contribution is 1.30. The third-order valence-electron chi connectivity index (χ3n) is 4.06. The summed E-state index contributed by atoms with van der Waals surface area (Å²) in [6.07, 6.45) is 3.42. The van der Waals surface area contributed by atoms with Gasteiger partial charge >= 0.3 is 0 Å². The summed E-state index contributed by atoms with van der Waals surface area (Å²) in [4.78, 5) is 12.2. The Hall–Kier alpha value is -2.04. The van der Waals surface area contributed by atoms with Crippen LogP contribution in [-0.4, -0.2) is 15.0 Å². The minimum absolute atomic E-state index is 0.506. The van der Waals surface area contributed by atoms with E-state index in [9.17, 15) is 0 Å². The van der Waals surface area contributed by atoms with E-state index in [1.165, 1.54) is 0 Å². The largest absolute Gasteiger partial charge is 0.337 e. The molecule has 1 N–H and O–H groups in total. The lowest BCUT2D eigenvalue weighted by Gasteiger charge is -2.06. The van der Waals surface area contributed by atoms with Crippen LogP contribution < -0.4 is 0 Å². The second kappa shape index (κ2) is 7.53. The first-order valence-electron chi connectivity index (χ1n) is 7.95. The highest BCUT2D eigenvalue weighted by molar-refractivity contribution is 6.39. The van der Waals surface area contributed by atoms with Gasteiger partial charge in [0.15, 0.2) is 0 Å². The molecule has 0 atom stereocenters. The van der Waals surface area contributed by atoms with Crippen LogP contribution in [0.4, 0.5) is 0 Å². The van der Waals surface area contributed by atoms with Gasteiger partial charge in [0.1, 0.15) is 5.82 Å². The minimum Gasteiger partial charge on any atom is -0.337 e. The highest BCUT2D eigenvalue weighted by Crippen LogP contribution is 2.40. The predicted octanol–water partition coefficient (Wildman–Crippen LogP) is 7.42. The van der Waals surface area contributed by atoms with Crippen molar-refractivity contribution in [3.8, 4) is 33.9 Å². The lowest BCUT2D eigenvalue weighted by atomic mass is 10.1. The summed E-state index contributed by atoms with van der Waals surface area (Å²) < 4.78 is 0. The Balaban J connectivity index is 1.99. The van der Waals surface area contributed by atoms with Crippen LogP contribution in [-0.2, 0) is 0 Å². The molecule has 134 valence electrons. The SMILES string of the molecule is Clc1ccc(-c2[nH]c(-c3c(Cl)cccc3Cl)nc2-c2ccncc2)c(Cl)c1. The summed E-state index contributed by atoms with van der Waals surface area (Å²) in [7, 11) is 0. The van der Waals surface area contributed by atoms with Gasteiger partial charge in [-0.1, -0.05) is 52.5 Å². The predicted molar refractivity (Wildman–Crippen MR) is 113 cm³/mol. The molecule has 2 aromatic heterocycles. The fourth-order valence-corrected chi connectivity index (χ4v) is 3.90. The molecule has 4 aromatic rings. The number of nitrogens with zero attached hydrogens (tertiary/aromatic N) is 2. The fraction of sp³-hybridized carbons (Fsp3) is 0. The van der Waals surface area contributed by atoms with Gasteiger partial charge in [0.25, 0.3) is 0 Å². The molecule has 2 heterocycles. The molecule has 7 heteroatoms. The second-order valence-corrected chi connectivity index (χ2v) is 7.42. The van der Waals surface area contributed by atoms with E-state index in [2.05, 4.69) is 9.97 Å². The molecule has 0 aliphatic rings. The Bertz CT molecular complexity index is 1100. The average molecular weight is 435 g/mol. The van der Waals surface area contributed by atoms with Crippen LogP contribution in [0.1, 0.15) is 0 Å². The molecule has 0 saturated carbocycles. The van der Waals surface area contributed by atoms with E-state index < -0.39 is 0 Å². The number of hydrogen-bond acceptors (Lipinski definition) is 2. The van der Waals surface area contributed by atoms with E-state index in [0.717, 1.165) is 16.8 Å². The highest BCUT2D eigenvalue weighted by Gasteiger charge is 2.20. The van der Waals surface area contributed by atoms with E-state index in [4.69, 9.17) is 51.4 Å². The number of nitrogens with one attached hydrogen (secondary N) is 1. The number of benzene rings is 2. The minimum atomic E-state index is 0.506. The van der Waals surface area contributed by atoms with Gasteiger partial charge in [0.05, 0.1) is 32.0 Å². The van der Waals surface area contributed by atoms with Crippen LogP contribution in [0.2, 0.25) is 20.1 Å². The Kier molecular flexibility index (Phi) is 5.11.